The van der Waals surface area contributed by atoms with Crippen LogP contribution in [0.15, 0.2) is 53.5 Å². The molecule has 2 fully saturated rings. The van der Waals surface area contributed by atoms with Crippen LogP contribution >= 0.6 is 0 Å². The smallest absolute Gasteiger partial charge is 0.238 e. The highest BCUT2D eigenvalue weighted by Crippen LogP contribution is 2.47. The number of unbranched alkanes of at least 4 members (excludes halogenated alkanes) is 13. The van der Waals surface area contributed by atoms with Gasteiger partial charge in [0.05, 0.1) is 6.04 Å². The number of nitrogens with zero attached hydrogens (tertiary/aromatic N) is 1. The van der Waals surface area contributed by atoms with E-state index in [0.717, 1.165) is 82.0 Å². The van der Waals surface area contributed by atoms with Crippen molar-refractivity contribution in [3.63, 3.8) is 0 Å². The zero-order chi connectivity index (χ0) is 37.9. The maximum Gasteiger partial charge on any atom is 0.238 e. The summed E-state index contributed by atoms with van der Waals surface area (Å²) in [5.74, 6) is 0.287. The number of hydrogen-bond acceptors (Lipinski definition) is 4. The van der Waals surface area contributed by atoms with Gasteiger partial charge in [-0.25, -0.2) is 0 Å². The molecule has 1 atom stereocenters. The monoisotopic (exact) mass is 727 g/mol. The van der Waals surface area contributed by atoms with Gasteiger partial charge in [-0.3, -0.25) is 20.0 Å². The van der Waals surface area contributed by atoms with Gasteiger partial charge in [-0.2, -0.15) is 0 Å². The predicted molar refractivity (Wildman–Crippen MR) is 223 cm³/mol. The Bertz CT molecular complexity index is 1440. The van der Waals surface area contributed by atoms with Crippen LogP contribution < -0.4 is 22.1 Å². The topological polar surface area (TPSA) is 146 Å². The molecule has 0 spiro atoms. The van der Waals surface area contributed by atoms with Crippen molar-refractivity contribution >= 4 is 34.9 Å². The highest BCUT2D eigenvalue weighted by molar-refractivity contribution is 6.14. The third-order valence-electron chi connectivity index (χ3n) is 11.6. The summed E-state index contributed by atoms with van der Waals surface area (Å²) >= 11 is 0. The van der Waals surface area contributed by atoms with E-state index in [2.05, 4.69) is 48.7 Å². The van der Waals surface area contributed by atoms with E-state index < -0.39 is 10.8 Å². The van der Waals surface area contributed by atoms with E-state index in [1.54, 1.807) is 0 Å². The molecule has 0 bridgehead atoms. The van der Waals surface area contributed by atoms with Gasteiger partial charge in [-0.05, 0) is 99.6 Å². The van der Waals surface area contributed by atoms with Crippen molar-refractivity contribution < 1.29 is 9.59 Å². The van der Waals surface area contributed by atoms with Gasteiger partial charge in [0.2, 0.25) is 11.8 Å². The van der Waals surface area contributed by atoms with Gasteiger partial charge in [-0.1, -0.05) is 128 Å². The minimum absolute atomic E-state index is 0.0175. The Morgan fingerprint density at radius 2 is 0.981 bits per heavy atom. The molecule has 0 saturated heterocycles. The summed E-state index contributed by atoms with van der Waals surface area (Å²) in [6.45, 7) is 4.49. The minimum atomic E-state index is -0.794. The second-order valence-corrected chi connectivity index (χ2v) is 16.1. The van der Waals surface area contributed by atoms with Crippen molar-refractivity contribution in [1.82, 2.24) is 0 Å². The van der Waals surface area contributed by atoms with Crippen LogP contribution in [0.5, 0.6) is 0 Å². The second-order valence-electron chi connectivity index (χ2n) is 16.1. The molecule has 0 aromatic heterocycles. The van der Waals surface area contributed by atoms with Gasteiger partial charge in [-0.15, -0.1) is 0 Å². The first-order valence-electron chi connectivity index (χ1n) is 21.2. The third-order valence-corrected chi connectivity index (χ3v) is 11.6. The van der Waals surface area contributed by atoms with E-state index in [1.165, 1.54) is 81.8 Å². The summed E-state index contributed by atoms with van der Waals surface area (Å²) in [5, 5.41) is 13.8. The number of anilines is 2. The van der Waals surface area contributed by atoms with Crippen LogP contribution in [-0.4, -0.2) is 29.5 Å². The number of carbonyl (C=O) groups excluding carboxylic acids is 2. The number of benzene rings is 2. The Hall–Kier alpha value is -3.68. The van der Waals surface area contributed by atoms with Crippen LogP contribution in [0, 0.1) is 16.2 Å². The predicted octanol–water partition coefficient (Wildman–Crippen LogP) is 10.6. The van der Waals surface area contributed by atoms with Gasteiger partial charge in [0.1, 0.15) is 22.5 Å². The number of amidine groups is 2. The van der Waals surface area contributed by atoms with Gasteiger partial charge in [0.25, 0.3) is 0 Å². The molecule has 0 heterocycles. The highest BCUT2D eigenvalue weighted by atomic mass is 16.2. The standard InChI is InChI=1S/C45H70N6O2/c1-3-5-7-8-9-10-11-12-16-19-35-25-29-39(30-26-35)51-43(53)45(33-34-45)41(48)49-37(21-15-6-4-2)22-18-14-13-17-20-36-23-27-38(28-24-36)50-42(52)44(31-32-44)40(46)47/h23-30,37H,3-22,31-34H2,1-2H3,(H3,46,47)(H2,48,49)(H,50,52)(H,51,53). The number of aliphatic imine (C=N–C) groups is 1. The Kier molecular flexibility index (Phi) is 17.4. The van der Waals surface area contributed by atoms with Crippen LogP contribution in [0.4, 0.5) is 11.4 Å². The summed E-state index contributed by atoms with van der Waals surface area (Å²) in [7, 11) is 0. The molecule has 0 radical (unpaired) electrons. The first kappa shape index (κ1) is 42.1. The van der Waals surface area contributed by atoms with Crippen LogP contribution in [0.3, 0.4) is 0 Å². The summed E-state index contributed by atoms with van der Waals surface area (Å²) in [6.07, 6.45) is 26.9. The first-order chi connectivity index (χ1) is 25.7. The van der Waals surface area contributed by atoms with Crippen molar-refractivity contribution in [2.24, 2.45) is 27.3 Å². The molecule has 2 aromatic carbocycles. The SMILES string of the molecule is CCCCCCCCCCCc1ccc(NC(=O)C2(/C(N)=N/C(CCCCC)CCCCCCc3ccc(NC(=O)C4(C(=N)N)CC4)cc3)CC2)cc1. The van der Waals surface area contributed by atoms with Gasteiger partial charge in [0.15, 0.2) is 0 Å². The largest absolute Gasteiger partial charge is 0.387 e. The second kappa shape index (κ2) is 21.9. The van der Waals surface area contributed by atoms with Gasteiger partial charge < -0.3 is 22.1 Å². The lowest BCUT2D eigenvalue weighted by Crippen LogP contribution is -2.37. The molecular weight excluding hydrogens is 657 g/mol. The number of aryl methyl sites for hydroxylation is 2. The quantitative estimate of drug-likeness (QED) is 0.0337. The number of hydrogen-bond donors (Lipinski definition) is 5. The molecule has 53 heavy (non-hydrogen) atoms. The molecule has 0 aliphatic heterocycles. The fraction of sp³-hybridized carbons (Fsp3) is 0.644. The van der Waals surface area contributed by atoms with Gasteiger partial charge >= 0.3 is 0 Å². The van der Waals surface area contributed by atoms with E-state index in [4.69, 9.17) is 21.9 Å². The van der Waals surface area contributed by atoms with Crippen molar-refractivity contribution in [2.45, 2.75) is 174 Å². The van der Waals surface area contributed by atoms with E-state index >= 15 is 0 Å². The molecule has 2 aliphatic rings. The van der Waals surface area contributed by atoms with Crippen molar-refractivity contribution in [1.29, 1.82) is 5.41 Å². The lowest BCUT2D eigenvalue weighted by molar-refractivity contribution is -0.119. The minimum Gasteiger partial charge on any atom is -0.387 e. The van der Waals surface area contributed by atoms with Crippen molar-refractivity contribution in [3.05, 3.63) is 59.7 Å². The summed E-state index contributed by atoms with van der Waals surface area (Å²) < 4.78 is 0. The van der Waals surface area contributed by atoms with Crippen LogP contribution in [0.25, 0.3) is 0 Å². The number of amides is 2. The van der Waals surface area contributed by atoms with E-state index in [9.17, 15) is 9.59 Å². The van der Waals surface area contributed by atoms with E-state index in [1.807, 2.05) is 24.3 Å². The molecule has 7 N–H and O–H groups in total. The fourth-order valence-corrected chi connectivity index (χ4v) is 7.41. The van der Waals surface area contributed by atoms with E-state index in [0.29, 0.717) is 18.7 Å². The molecule has 4 rings (SSSR count). The first-order valence-corrected chi connectivity index (χ1v) is 21.2. The summed E-state index contributed by atoms with van der Waals surface area (Å²) in [4.78, 5) is 31.1. The van der Waals surface area contributed by atoms with Crippen LogP contribution in [-0.2, 0) is 22.4 Å². The average molecular weight is 727 g/mol. The molecule has 2 aliphatic carbocycles. The number of nitrogens with one attached hydrogen (secondary N) is 3. The third kappa shape index (κ3) is 13.6. The average Bonchev–Trinajstić information content (AvgIpc) is 4.09. The van der Waals surface area contributed by atoms with Crippen molar-refractivity contribution in [2.75, 3.05) is 10.6 Å². The van der Waals surface area contributed by atoms with Gasteiger partial charge in [0, 0.05) is 11.4 Å². The molecule has 1 unspecified atom stereocenters. The molecule has 2 saturated carbocycles. The zero-order valence-electron chi connectivity index (χ0n) is 33.1. The Labute approximate surface area is 320 Å². The summed E-state index contributed by atoms with van der Waals surface area (Å²) in [5.41, 5.74) is 15.0. The van der Waals surface area contributed by atoms with Crippen molar-refractivity contribution in [3.8, 4) is 0 Å². The molecule has 2 amide bonds. The number of nitrogens with two attached hydrogens (primary N) is 2. The molecule has 8 nitrogen and oxygen atoms in total. The maximum atomic E-state index is 13.5. The highest BCUT2D eigenvalue weighted by Gasteiger charge is 2.54. The van der Waals surface area contributed by atoms with Crippen LogP contribution in [0.1, 0.15) is 166 Å². The van der Waals surface area contributed by atoms with E-state index in [-0.39, 0.29) is 23.7 Å². The Balaban J connectivity index is 1.16. The van der Waals surface area contributed by atoms with Crippen LogP contribution in [0.2, 0.25) is 0 Å². The number of rotatable bonds is 28. The molecule has 292 valence electrons. The molecular formula is C45H70N6O2. The molecule has 8 heteroatoms. The fourth-order valence-electron chi connectivity index (χ4n) is 7.41. The lowest BCUT2D eigenvalue weighted by atomic mass is 9.99. The molecule has 2 aromatic rings. The maximum absolute atomic E-state index is 13.5. The lowest BCUT2D eigenvalue weighted by Gasteiger charge is -2.19. The number of carbonyl (C=O) groups is 2. The Morgan fingerprint density at radius 3 is 1.42 bits per heavy atom. The Morgan fingerprint density at radius 1 is 0.604 bits per heavy atom. The normalized spacial score (nSPS) is 16.2. The summed E-state index contributed by atoms with van der Waals surface area (Å²) in [6, 6.07) is 16.6. The zero-order valence-corrected chi connectivity index (χ0v) is 33.1.